The Morgan fingerprint density at radius 1 is 1.03 bits per heavy atom. The van der Waals surface area contributed by atoms with Crippen LogP contribution in [-0.2, 0) is 0 Å². The maximum atomic E-state index is 13.2. The zero-order valence-corrected chi connectivity index (χ0v) is 16.5. The van der Waals surface area contributed by atoms with Crippen molar-refractivity contribution in [2.75, 3.05) is 12.4 Å². The number of fused-ring (bicyclic) bond motifs is 1. The zero-order valence-electron chi connectivity index (χ0n) is 15.7. The average Bonchev–Trinajstić information content (AvgIpc) is 3.29. The molecule has 2 N–H and O–H groups in total. The summed E-state index contributed by atoms with van der Waals surface area (Å²) in [5.74, 6) is -0.750. The minimum atomic E-state index is -0.317. The summed E-state index contributed by atoms with van der Waals surface area (Å²) >= 11 is 1.31. The molecule has 4 aromatic rings. The number of thiophene rings is 1. The van der Waals surface area contributed by atoms with E-state index in [-0.39, 0.29) is 17.6 Å². The monoisotopic (exact) mass is 408 g/mol. The minimum Gasteiger partial charge on any atom is -0.355 e. The van der Waals surface area contributed by atoms with E-state index in [1.54, 1.807) is 54.2 Å². The van der Waals surface area contributed by atoms with Crippen molar-refractivity contribution in [2.45, 2.75) is 6.92 Å². The molecule has 0 unspecified atom stereocenters. The molecule has 4 rings (SSSR count). The summed E-state index contributed by atoms with van der Waals surface area (Å²) in [6.45, 7) is 1.87. The number of benzene rings is 2. The fourth-order valence-electron chi connectivity index (χ4n) is 2.96. The predicted molar refractivity (Wildman–Crippen MR) is 111 cm³/mol. The van der Waals surface area contributed by atoms with E-state index < -0.39 is 0 Å². The zero-order chi connectivity index (χ0) is 20.5. The number of amides is 2. The second kappa shape index (κ2) is 7.48. The highest BCUT2D eigenvalue weighted by Gasteiger charge is 2.17. The van der Waals surface area contributed by atoms with Gasteiger partial charge in [0.15, 0.2) is 0 Å². The van der Waals surface area contributed by atoms with Crippen LogP contribution < -0.4 is 10.6 Å². The molecule has 0 atom stereocenters. The van der Waals surface area contributed by atoms with Gasteiger partial charge in [-0.25, -0.2) is 9.07 Å². The summed E-state index contributed by atoms with van der Waals surface area (Å²) in [6.07, 6.45) is 0. The number of carbonyl (C=O) groups excluding carboxylic acids is 2. The van der Waals surface area contributed by atoms with Crippen molar-refractivity contribution in [1.82, 2.24) is 15.1 Å². The lowest BCUT2D eigenvalue weighted by molar-refractivity contribution is 0.0962. The Kier molecular flexibility index (Phi) is 4.85. The van der Waals surface area contributed by atoms with Gasteiger partial charge in [-0.3, -0.25) is 9.59 Å². The van der Waals surface area contributed by atoms with E-state index in [1.165, 1.54) is 23.5 Å². The minimum absolute atomic E-state index is 0.187. The van der Waals surface area contributed by atoms with Crippen molar-refractivity contribution < 1.29 is 14.0 Å². The summed E-state index contributed by atoms with van der Waals surface area (Å²) in [5, 5.41) is 10.8. The third kappa shape index (κ3) is 3.62. The molecule has 0 bridgehead atoms. The van der Waals surface area contributed by atoms with Crippen LogP contribution in [0.1, 0.15) is 25.7 Å². The molecule has 0 aliphatic rings. The lowest BCUT2D eigenvalue weighted by atomic mass is 10.2. The van der Waals surface area contributed by atoms with Crippen molar-refractivity contribution in [3.8, 4) is 5.69 Å². The molecular formula is C21H17FN4O2S. The molecule has 2 heterocycles. The van der Waals surface area contributed by atoms with Crippen LogP contribution in [0.2, 0.25) is 0 Å². The Morgan fingerprint density at radius 3 is 2.38 bits per heavy atom. The first kappa shape index (κ1) is 18.8. The number of aryl methyl sites for hydroxylation is 1. The van der Waals surface area contributed by atoms with Crippen molar-refractivity contribution in [3.05, 3.63) is 76.5 Å². The van der Waals surface area contributed by atoms with E-state index in [2.05, 4.69) is 15.7 Å². The molecule has 8 heteroatoms. The van der Waals surface area contributed by atoms with Crippen LogP contribution in [0.3, 0.4) is 0 Å². The van der Waals surface area contributed by atoms with Gasteiger partial charge in [0.25, 0.3) is 11.8 Å². The summed E-state index contributed by atoms with van der Waals surface area (Å²) in [5.41, 5.74) is 2.62. The van der Waals surface area contributed by atoms with Gasteiger partial charge in [-0.1, -0.05) is 0 Å². The van der Waals surface area contributed by atoms with Gasteiger partial charge >= 0.3 is 0 Å². The van der Waals surface area contributed by atoms with Crippen LogP contribution >= 0.6 is 11.3 Å². The maximum Gasteiger partial charge on any atom is 0.265 e. The topological polar surface area (TPSA) is 76.0 Å². The normalized spacial score (nSPS) is 10.9. The largest absolute Gasteiger partial charge is 0.355 e. The Labute approximate surface area is 170 Å². The Balaban J connectivity index is 1.61. The molecule has 0 aliphatic carbocycles. The van der Waals surface area contributed by atoms with E-state index in [9.17, 15) is 14.0 Å². The molecule has 0 aliphatic heterocycles. The number of hydrogen-bond acceptors (Lipinski definition) is 4. The number of nitrogens with one attached hydrogen (secondary N) is 2. The van der Waals surface area contributed by atoms with Gasteiger partial charge in [0.05, 0.1) is 16.3 Å². The average molecular weight is 408 g/mol. The summed E-state index contributed by atoms with van der Waals surface area (Å²) in [4.78, 5) is 25.7. The molecule has 6 nitrogen and oxygen atoms in total. The van der Waals surface area contributed by atoms with Crippen molar-refractivity contribution in [2.24, 2.45) is 0 Å². The third-order valence-corrected chi connectivity index (χ3v) is 5.58. The van der Waals surface area contributed by atoms with Gasteiger partial charge in [0, 0.05) is 23.7 Å². The molecule has 0 saturated carbocycles. The van der Waals surface area contributed by atoms with Crippen molar-refractivity contribution in [1.29, 1.82) is 0 Å². The molecule has 2 aromatic carbocycles. The molecule has 0 radical (unpaired) electrons. The van der Waals surface area contributed by atoms with Crippen LogP contribution in [0.15, 0.2) is 54.6 Å². The standard InChI is InChI=1S/C21H17FN4O2S/c1-12-17-11-18(20(28)24-15-7-3-13(4-8-15)19(27)23-2)29-21(17)26(25-12)16-9-5-14(22)6-10-16/h3-11H,1-2H3,(H,23,27)(H,24,28). The molecular weight excluding hydrogens is 391 g/mol. The number of anilines is 1. The molecule has 0 saturated heterocycles. The molecule has 0 spiro atoms. The van der Waals surface area contributed by atoms with Crippen molar-refractivity contribution in [3.63, 3.8) is 0 Å². The van der Waals surface area contributed by atoms with E-state index in [0.29, 0.717) is 16.1 Å². The van der Waals surface area contributed by atoms with E-state index in [4.69, 9.17) is 0 Å². The molecule has 146 valence electrons. The van der Waals surface area contributed by atoms with E-state index in [1.807, 2.05) is 6.92 Å². The number of carbonyl (C=O) groups is 2. The number of rotatable bonds is 4. The van der Waals surface area contributed by atoms with Gasteiger partial charge in [-0.2, -0.15) is 5.10 Å². The van der Waals surface area contributed by atoms with Gasteiger partial charge in [0.1, 0.15) is 10.6 Å². The highest BCUT2D eigenvalue weighted by atomic mass is 32.1. The molecule has 2 amide bonds. The van der Waals surface area contributed by atoms with Crippen LogP contribution in [0, 0.1) is 12.7 Å². The van der Waals surface area contributed by atoms with Crippen LogP contribution in [0.5, 0.6) is 0 Å². The lowest BCUT2D eigenvalue weighted by Crippen LogP contribution is -2.17. The highest BCUT2D eigenvalue weighted by molar-refractivity contribution is 7.20. The number of halogens is 1. The van der Waals surface area contributed by atoms with E-state index in [0.717, 1.165) is 21.6 Å². The second-order valence-electron chi connectivity index (χ2n) is 6.41. The van der Waals surface area contributed by atoms with Gasteiger partial charge in [-0.05, 0) is 61.5 Å². The fraction of sp³-hybridized carbons (Fsp3) is 0.0952. The smallest absolute Gasteiger partial charge is 0.265 e. The third-order valence-electron chi connectivity index (χ3n) is 4.47. The fourth-order valence-corrected chi connectivity index (χ4v) is 4.04. The SMILES string of the molecule is CNC(=O)c1ccc(NC(=O)c2cc3c(C)nn(-c4ccc(F)cc4)c3s2)cc1. The molecule has 29 heavy (non-hydrogen) atoms. The lowest BCUT2D eigenvalue weighted by Gasteiger charge is -2.05. The van der Waals surface area contributed by atoms with Gasteiger partial charge in [0.2, 0.25) is 0 Å². The Morgan fingerprint density at radius 2 is 1.72 bits per heavy atom. The number of nitrogens with zero attached hydrogens (tertiary/aromatic N) is 2. The summed E-state index contributed by atoms with van der Waals surface area (Å²) < 4.78 is 14.9. The molecule has 0 fully saturated rings. The van der Waals surface area contributed by atoms with Crippen LogP contribution in [0.4, 0.5) is 10.1 Å². The first-order chi connectivity index (χ1) is 14.0. The first-order valence-corrected chi connectivity index (χ1v) is 9.66. The van der Waals surface area contributed by atoms with Gasteiger partial charge < -0.3 is 10.6 Å². The predicted octanol–water partition coefficient (Wildman–Crippen LogP) is 4.15. The van der Waals surface area contributed by atoms with Crippen molar-refractivity contribution >= 4 is 39.1 Å². The van der Waals surface area contributed by atoms with E-state index >= 15 is 0 Å². The quantitative estimate of drug-likeness (QED) is 0.533. The molecule has 2 aromatic heterocycles. The first-order valence-electron chi connectivity index (χ1n) is 8.85. The second-order valence-corrected chi connectivity index (χ2v) is 7.44. The summed E-state index contributed by atoms with van der Waals surface area (Å²) in [7, 11) is 1.56. The maximum absolute atomic E-state index is 13.2. The van der Waals surface area contributed by atoms with Gasteiger partial charge in [-0.15, -0.1) is 11.3 Å². The number of aromatic nitrogens is 2. The van der Waals surface area contributed by atoms with Crippen LogP contribution in [-0.4, -0.2) is 28.6 Å². The van der Waals surface area contributed by atoms with Crippen LogP contribution in [0.25, 0.3) is 15.9 Å². The Hall–Kier alpha value is -3.52. The highest BCUT2D eigenvalue weighted by Crippen LogP contribution is 2.31. The number of hydrogen-bond donors (Lipinski definition) is 2. The summed E-state index contributed by atoms with van der Waals surface area (Å²) in [6, 6.07) is 14.5. The Bertz CT molecular complexity index is 1210.